The largest absolute Gasteiger partial charge is 0.273 e. The summed E-state index contributed by atoms with van der Waals surface area (Å²) in [4.78, 5) is 4.32. The monoisotopic (exact) mass is 245 g/mol. The molecular weight excluding hydrogens is 226 g/mol. The number of nitrogens with one attached hydrogen (secondary N) is 1. The molecule has 3 N–H and O–H groups in total. The maximum atomic E-state index is 5.60. The number of hydrogen-bond acceptors (Lipinski definition) is 4. The Morgan fingerprint density at radius 1 is 1.33 bits per heavy atom. The predicted octanol–water partition coefficient (Wildman–Crippen LogP) is 0.822. The van der Waals surface area contributed by atoms with Gasteiger partial charge in [0.15, 0.2) is 0 Å². The van der Waals surface area contributed by atoms with Crippen LogP contribution < -0.4 is 11.3 Å². The Kier molecular flexibility index (Phi) is 4.44. The number of nitrogens with zero attached hydrogens (tertiary/aromatic N) is 3. The van der Waals surface area contributed by atoms with Crippen LogP contribution in [0.1, 0.15) is 17.8 Å². The van der Waals surface area contributed by atoms with Crippen LogP contribution in [0.3, 0.4) is 0 Å². The number of hydrogen-bond donors (Lipinski definition) is 2. The van der Waals surface area contributed by atoms with Gasteiger partial charge < -0.3 is 0 Å². The van der Waals surface area contributed by atoms with Gasteiger partial charge in [0.1, 0.15) is 0 Å². The van der Waals surface area contributed by atoms with Crippen molar-refractivity contribution < 1.29 is 0 Å². The van der Waals surface area contributed by atoms with Gasteiger partial charge in [-0.15, -0.1) is 0 Å². The molecule has 2 aromatic rings. The second-order valence-corrected chi connectivity index (χ2v) is 4.37. The van der Waals surface area contributed by atoms with E-state index in [0.29, 0.717) is 0 Å². The highest BCUT2D eigenvalue weighted by Crippen LogP contribution is 2.07. The quantitative estimate of drug-likeness (QED) is 0.584. The van der Waals surface area contributed by atoms with Crippen molar-refractivity contribution in [2.45, 2.75) is 25.3 Å². The Balaban J connectivity index is 1.88. The topological polar surface area (TPSA) is 68.8 Å². The van der Waals surface area contributed by atoms with E-state index in [1.54, 1.807) is 0 Å². The Labute approximate surface area is 107 Å². The SMILES string of the molecule is Cn1nccc1CCC(Cc1ccccn1)NN. The molecule has 2 heterocycles. The Hall–Kier alpha value is -1.72. The van der Waals surface area contributed by atoms with Crippen LogP contribution >= 0.6 is 0 Å². The van der Waals surface area contributed by atoms with Crippen molar-refractivity contribution in [2.24, 2.45) is 12.9 Å². The molecule has 0 bridgehead atoms. The highest BCUT2D eigenvalue weighted by molar-refractivity contribution is 5.06. The van der Waals surface area contributed by atoms with Gasteiger partial charge in [-0.25, -0.2) is 0 Å². The molecule has 1 unspecified atom stereocenters. The van der Waals surface area contributed by atoms with Crippen LogP contribution in [0.5, 0.6) is 0 Å². The van der Waals surface area contributed by atoms with Crippen LogP contribution in [0.4, 0.5) is 0 Å². The van der Waals surface area contributed by atoms with Crippen LogP contribution in [0, 0.1) is 0 Å². The fraction of sp³-hybridized carbons (Fsp3) is 0.385. The first-order valence-electron chi connectivity index (χ1n) is 6.12. The van der Waals surface area contributed by atoms with Crippen LogP contribution in [0.15, 0.2) is 36.7 Å². The molecular formula is C13H19N5. The molecule has 0 aliphatic carbocycles. The minimum atomic E-state index is 0.231. The third kappa shape index (κ3) is 3.38. The van der Waals surface area contributed by atoms with E-state index in [0.717, 1.165) is 25.0 Å². The number of pyridine rings is 1. The van der Waals surface area contributed by atoms with E-state index in [4.69, 9.17) is 5.84 Å². The van der Waals surface area contributed by atoms with E-state index < -0.39 is 0 Å². The highest BCUT2D eigenvalue weighted by atomic mass is 15.3. The lowest BCUT2D eigenvalue weighted by molar-refractivity contribution is 0.480. The summed E-state index contributed by atoms with van der Waals surface area (Å²) in [6.07, 6.45) is 6.39. The summed E-state index contributed by atoms with van der Waals surface area (Å²) in [6, 6.07) is 8.21. The molecule has 0 amide bonds. The molecule has 0 radical (unpaired) electrons. The number of hydrazine groups is 1. The third-order valence-corrected chi connectivity index (χ3v) is 3.09. The number of rotatable bonds is 6. The summed E-state index contributed by atoms with van der Waals surface area (Å²) in [6.45, 7) is 0. The van der Waals surface area contributed by atoms with Crippen LogP contribution in [0.25, 0.3) is 0 Å². The molecule has 2 rings (SSSR count). The lowest BCUT2D eigenvalue weighted by Gasteiger charge is -2.15. The standard InChI is InChI=1S/C13H19N5/c1-18-13(7-9-16-18)6-5-12(17-14)10-11-4-2-3-8-15-11/h2-4,7-9,12,17H,5-6,10,14H2,1H3. The molecule has 1 atom stereocenters. The van der Waals surface area contributed by atoms with Gasteiger partial charge in [0.2, 0.25) is 0 Å². The zero-order valence-electron chi connectivity index (χ0n) is 10.6. The van der Waals surface area contributed by atoms with E-state index >= 15 is 0 Å². The van der Waals surface area contributed by atoms with Crippen molar-refractivity contribution in [1.29, 1.82) is 0 Å². The molecule has 96 valence electrons. The van der Waals surface area contributed by atoms with E-state index in [1.165, 1.54) is 5.69 Å². The number of aryl methyl sites for hydroxylation is 2. The van der Waals surface area contributed by atoms with E-state index in [2.05, 4.69) is 15.5 Å². The minimum absolute atomic E-state index is 0.231. The maximum Gasteiger partial charge on any atom is 0.0492 e. The Morgan fingerprint density at radius 2 is 2.22 bits per heavy atom. The summed E-state index contributed by atoms with van der Waals surface area (Å²) in [5, 5.41) is 4.16. The lowest BCUT2D eigenvalue weighted by Crippen LogP contribution is -2.37. The summed E-state index contributed by atoms with van der Waals surface area (Å²) in [7, 11) is 1.96. The maximum absolute atomic E-state index is 5.60. The lowest BCUT2D eigenvalue weighted by atomic mass is 10.0. The van der Waals surface area contributed by atoms with E-state index in [9.17, 15) is 0 Å². The van der Waals surface area contributed by atoms with Crippen molar-refractivity contribution in [3.05, 3.63) is 48.0 Å². The molecule has 0 spiro atoms. The first-order chi connectivity index (χ1) is 8.79. The van der Waals surface area contributed by atoms with Gasteiger partial charge in [-0.3, -0.25) is 20.9 Å². The molecule has 0 aromatic carbocycles. The van der Waals surface area contributed by atoms with Gasteiger partial charge in [-0.2, -0.15) is 5.10 Å². The smallest absolute Gasteiger partial charge is 0.0492 e. The second kappa shape index (κ2) is 6.28. The molecule has 0 fully saturated rings. The first-order valence-corrected chi connectivity index (χ1v) is 6.12. The van der Waals surface area contributed by atoms with Gasteiger partial charge in [-0.1, -0.05) is 6.07 Å². The highest BCUT2D eigenvalue weighted by Gasteiger charge is 2.09. The van der Waals surface area contributed by atoms with Gasteiger partial charge in [0.25, 0.3) is 0 Å². The average molecular weight is 245 g/mol. The van der Waals surface area contributed by atoms with Crippen molar-refractivity contribution in [2.75, 3.05) is 0 Å². The van der Waals surface area contributed by atoms with Gasteiger partial charge in [-0.05, 0) is 31.0 Å². The molecule has 5 nitrogen and oxygen atoms in total. The van der Waals surface area contributed by atoms with Crippen LogP contribution in [-0.2, 0) is 19.9 Å². The van der Waals surface area contributed by atoms with E-state index in [-0.39, 0.29) is 6.04 Å². The molecule has 2 aromatic heterocycles. The fourth-order valence-electron chi connectivity index (χ4n) is 1.98. The normalized spacial score (nSPS) is 12.6. The molecule has 0 saturated heterocycles. The van der Waals surface area contributed by atoms with E-state index in [1.807, 2.05) is 48.4 Å². The van der Waals surface area contributed by atoms with Crippen LogP contribution in [-0.4, -0.2) is 20.8 Å². The molecule has 5 heteroatoms. The summed E-state index contributed by atoms with van der Waals surface area (Å²) >= 11 is 0. The fourth-order valence-corrected chi connectivity index (χ4v) is 1.98. The minimum Gasteiger partial charge on any atom is -0.273 e. The summed E-state index contributed by atoms with van der Waals surface area (Å²) in [5.41, 5.74) is 5.14. The Bertz CT molecular complexity index is 465. The average Bonchev–Trinajstić information content (AvgIpc) is 2.81. The molecule has 18 heavy (non-hydrogen) atoms. The third-order valence-electron chi connectivity index (χ3n) is 3.09. The van der Waals surface area contributed by atoms with Gasteiger partial charge >= 0.3 is 0 Å². The van der Waals surface area contributed by atoms with Gasteiger partial charge in [0, 0.05) is 43.3 Å². The second-order valence-electron chi connectivity index (χ2n) is 4.37. The zero-order chi connectivity index (χ0) is 12.8. The molecule has 0 aliphatic rings. The van der Waals surface area contributed by atoms with Crippen molar-refractivity contribution in [3.63, 3.8) is 0 Å². The number of aromatic nitrogens is 3. The van der Waals surface area contributed by atoms with Gasteiger partial charge in [0.05, 0.1) is 0 Å². The van der Waals surface area contributed by atoms with Crippen molar-refractivity contribution in [3.8, 4) is 0 Å². The van der Waals surface area contributed by atoms with Crippen molar-refractivity contribution in [1.82, 2.24) is 20.2 Å². The zero-order valence-corrected chi connectivity index (χ0v) is 10.6. The summed E-state index contributed by atoms with van der Waals surface area (Å²) in [5.74, 6) is 5.60. The summed E-state index contributed by atoms with van der Waals surface area (Å²) < 4.78 is 1.90. The molecule has 0 saturated carbocycles. The first kappa shape index (κ1) is 12.7. The van der Waals surface area contributed by atoms with Crippen LogP contribution in [0.2, 0.25) is 0 Å². The molecule has 0 aliphatic heterocycles. The Morgan fingerprint density at radius 3 is 2.83 bits per heavy atom. The van der Waals surface area contributed by atoms with Crippen molar-refractivity contribution >= 4 is 0 Å². The number of nitrogens with two attached hydrogens (primary N) is 1. The predicted molar refractivity (Wildman–Crippen MR) is 70.6 cm³/mol.